The molecule has 1 aromatic rings. The molecule has 4 rings (SSSR count). The summed E-state index contributed by atoms with van der Waals surface area (Å²) in [7, 11) is 0. The second-order valence-corrected chi connectivity index (χ2v) is 47.7. The minimum atomic E-state index is -0.824. The van der Waals surface area contributed by atoms with Crippen molar-refractivity contribution in [3.8, 4) is 0 Å². The second-order valence-electron chi connectivity index (χ2n) is 44.1. The van der Waals surface area contributed by atoms with Gasteiger partial charge in [-0.05, 0) is 155 Å². The molecule has 1 aliphatic carbocycles. The summed E-state index contributed by atoms with van der Waals surface area (Å²) < 4.78 is 5.33. The van der Waals surface area contributed by atoms with Crippen LogP contribution in [0.25, 0.3) is 0 Å². The lowest BCUT2D eigenvalue weighted by Crippen LogP contribution is -2.47. The van der Waals surface area contributed by atoms with Crippen LogP contribution in [0.4, 0.5) is 0 Å². The second kappa shape index (κ2) is 85.6. The molecule has 2 saturated heterocycles. The zero-order chi connectivity index (χ0) is 116. The van der Waals surface area contributed by atoms with Gasteiger partial charge in [0.05, 0.1) is 59.0 Å². The molecule has 0 aromatic heterocycles. The van der Waals surface area contributed by atoms with Crippen molar-refractivity contribution in [1.82, 2.24) is 31.1 Å². The average Bonchev–Trinajstić information content (AvgIpc) is 1.67. The SMILES string of the molecule is C/C(=N\OCCCCCC(=O)C(C)C)C(C)C.C/C(=N\OCCCCCC(=O)C(C)C)c1ccc(CC(NC(=O)COCCNC(C)C)C(N)=O)cc1.C/C(=N\OCCNC(=O)CCC(C)C)C(C)C.C/C(=N\OCCNC(=O)CCC1C(=O)CC(SC(C)C)C1=O)C(C)C.CC(C)C(=O)CCN1C(=O)CC(C(C)C)C1=O.CC(C)CCC(=O)C(C)C.CC(C)CCC(=O)C(C)C.CC(C)SC1CC(=O)N(CCC(=O)C(C)C)C1=O. The maximum atomic E-state index is 12.3. The number of nitrogens with zero attached hydrogens (tertiary/aromatic N) is 6. The predicted octanol–water partition coefficient (Wildman–Crippen LogP) is 20.5. The first-order valence-electron chi connectivity index (χ1n) is 55.3. The number of amides is 8. The molecule has 0 spiro atoms. The van der Waals surface area contributed by atoms with Gasteiger partial charge in [-0.15, -0.1) is 23.5 Å². The Labute approximate surface area is 912 Å². The topological polar surface area (TPSA) is 449 Å². The summed E-state index contributed by atoms with van der Waals surface area (Å²) in [5.74, 6) is 3.06. The van der Waals surface area contributed by atoms with Crippen LogP contribution in [-0.2, 0) is 107 Å². The molecule has 34 heteroatoms. The van der Waals surface area contributed by atoms with Gasteiger partial charge < -0.3 is 51.1 Å². The van der Waals surface area contributed by atoms with Crippen LogP contribution in [0, 0.1) is 88.8 Å². The Kier molecular flexibility index (Phi) is 84.1. The highest BCUT2D eigenvalue weighted by Gasteiger charge is 2.43. The number of imide groups is 2. The molecule has 150 heavy (non-hydrogen) atoms. The first kappa shape index (κ1) is 147. The van der Waals surface area contributed by atoms with E-state index < -0.39 is 17.9 Å². The zero-order valence-corrected chi connectivity index (χ0v) is 101. The number of ketones is 8. The minimum Gasteiger partial charge on any atom is -0.396 e. The van der Waals surface area contributed by atoms with E-state index >= 15 is 0 Å². The summed E-state index contributed by atoms with van der Waals surface area (Å²) in [4.78, 5) is 210. The van der Waals surface area contributed by atoms with E-state index in [1.807, 2.05) is 204 Å². The van der Waals surface area contributed by atoms with E-state index in [4.69, 9.17) is 29.8 Å². The van der Waals surface area contributed by atoms with Crippen molar-refractivity contribution in [1.29, 1.82) is 0 Å². The van der Waals surface area contributed by atoms with E-state index in [2.05, 4.69) is 111 Å². The van der Waals surface area contributed by atoms with Gasteiger partial charge in [-0.3, -0.25) is 86.5 Å². The molecule has 6 N–H and O–H groups in total. The summed E-state index contributed by atoms with van der Waals surface area (Å²) in [5.41, 5.74) is 10.9. The number of carbonyl (C=O) groups is 16. The minimum absolute atomic E-state index is 0.0154. The van der Waals surface area contributed by atoms with Gasteiger partial charge >= 0.3 is 0 Å². The van der Waals surface area contributed by atoms with Gasteiger partial charge in [0.1, 0.15) is 79.6 Å². The molecule has 3 fully saturated rings. The van der Waals surface area contributed by atoms with Crippen molar-refractivity contribution in [3.05, 3.63) is 35.4 Å². The quantitative estimate of drug-likeness (QED) is 0.0133. The number of benzene rings is 1. The normalized spacial score (nSPS) is 15.6. The van der Waals surface area contributed by atoms with Crippen LogP contribution < -0.4 is 27.0 Å². The van der Waals surface area contributed by atoms with E-state index in [0.717, 1.165) is 105 Å². The van der Waals surface area contributed by atoms with Crippen molar-refractivity contribution < 1.29 is 101 Å². The van der Waals surface area contributed by atoms with Crippen molar-refractivity contribution >= 4 is 140 Å². The van der Waals surface area contributed by atoms with Crippen LogP contribution in [0.1, 0.15) is 395 Å². The molecule has 2 heterocycles. The summed E-state index contributed by atoms with van der Waals surface area (Å²) in [6, 6.07) is 7.04. The van der Waals surface area contributed by atoms with E-state index in [-0.39, 0.29) is 174 Å². The van der Waals surface area contributed by atoms with Crippen molar-refractivity contribution in [3.63, 3.8) is 0 Å². The lowest BCUT2D eigenvalue weighted by atomic mass is 9.94. The van der Waals surface area contributed by atoms with E-state index in [1.165, 1.54) is 33.3 Å². The Hall–Kier alpha value is -8.76. The summed E-state index contributed by atoms with van der Waals surface area (Å²) in [6.45, 7) is 75.9. The molecule has 0 bridgehead atoms. The van der Waals surface area contributed by atoms with Crippen molar-refractivity contribution in [2.75, 3.05) is 72.4 Å². The number of hydrogen-bond acceptors (Lipinski definition) is 28. The van der Waals surface area contributed by atoms with Crippen molar-refractivity contribution in [2.45, 2.75) is 424 Å². The fourth-order valence-electron chi connectivity index (χ4n) is 13.1. The van der Waals surface area contributed by atoms with Crippen LogP contribution in [0.15, 0.2) is 44.9 Å². The highest BCUT2D eigenvalue weighted by Crippen LogP contribution is 2.34. The van der Waals surface area contributed by atoms with Gasteiger partial charge in [0, 0.05) is 144 Å². The summed E-state index contributed by atoms with van der Waals surface area (Å²) in [5, 5.41) is 27.6. The highest BCUT2D eigenvalue weighted by molar-refractivity contribution is 8.01. The molecule has 5 atom stereocenters. The first-order valence-corrected chi connectivity index (χ1v) is 57.2. The van der Waals surface area contributed by atoms with Crippen LogP contribution in [0.3, 0.4) is 0 Å². The zero-order valence-electron chi connectivity index (χ0n) is 99.4. The molecule has 8 amide bonds. The Morgan fingerprint density at radius 2 is 0.767 bits per heavy atom. The standard InChI is InChI=1S/C27H44N4O5.C18H30N2O4S.C14H27NO2.C13H26N2O2.C13H21NO3S.C13H21NO3.2C9H18O/c1-19(2)25(32)9-7-6-8-15-36-31-21(5)23-12-10-22(11-13-23)17-24(27(28)34)30-26(33)18-35-16-14-29-20(3)4;1-11(2)13(5)20-24-9-8-19-17(22)7-6-14-15(21)10-16(18(14)23)25-12(3)4;1-11(2)13(5)15-17-10-8-6-7-9-14(16)12(3)4;1-10(2)6-7-13(16)14-8-9-17-15-12(5)11(3)4;1-8(2)10(15)5-6-14-12(16)7-11(13(14)17)18-9(3)4;1-8(2)10-7-12(16)14(13(10)17)6-5-11(15)9(3)4;2*1-7(2)5-6-9(10)8(3)4/h10-13,19-20,24,29H,6-9,14-18H2,1-5H3,(H2,28,34)(H,30,33);11-12,14,16H,6-10H2,1-5H3,(H,19,22);11-12H,6-10H2,1-5H3;10-11H,6-9H2,1-5H3,(H,14,16);8-9,11H,5-7H2,1-4H3;8-10H,5-7H2,1-4H3;2*7-8H,5-6H2,1-4H3/b31-21+;20-13+;15-13+;15-12+;;;;. The number of hydrogen-bond donors (Lipinski definition) is 5. The smallest absolute Gasteiger partial charge is 0.246 e. The van der Waals surface area contributed by atoms with Gasteiger partial charge in [0.25, 0.3) is 0 Å². The van der Waals surface area contributed by atoms with Crippen LogP contribution >= 0.6 is 23.5 Å². The lowest BCUT2D eigenvalue weighted by Gasteiger charge is -2.16. The number of Topliss-reactive ketones (excluding diaryl/α,β-unsaturated/α-hetero) is 8. The third-order valence-corrected chi connectivity index (χ3v) is 26.9. The summed E-state index contributed by atoms with van der Waals surface area (Å²) >= 11 is 3.06. The molecule has 862 valence electrons. The molecule has 5 unspecified atom stereocenters. The number of thioether (sulfide) groups is 2. The van der Waals surface area contributed by atoms with Crippen LogP contribution in [0.2, 0.25) is 0 Å². The number of ether oxygens (including phenoxy) is 1. The van der Waals surface area contributed by atoms with Gasteiger partial charge in [-0.2, -0.15) is 0 Å². The average molecular weight is 2150 g/mol. The third kappa shape index (κ3) is 75.9. The van der Waals surface area contributed by atoms with Crippen LogP contribution in [0.5, 0.6) is 0 Å². The van der Waals surface area contributed by atoms with E-state index in [0.29, 0.717) is 166 Å². The molecule has 1 aromatic carbocycles. The first-order chi connectivity index (χ1) is 69.9. The molecule has 2 aliphatic heterocycles. The molecule has 32 nitrogen and oxygen atoms in total. The molecule has 1 saturated carbocycles. The maximum absolute atomic E-state index is 12.3. The highest BCUT2D eigenvalue weighted by atomic mass is 32.2. The lowest BCUT2D eigenvalue weighted by molar-refractivity contribution is -0.141. The number of nitrogens with one attached hydrogen (secondary N) is 4. The van der Waals surface area contributed by atoms with Crippen molar-refractivity contribution in [2.24, 2.45) is 115 Å². The Morgan fingerprint density at radius 3 is 1.15 bits per heavy atom. The Balaban J connectivity index is -0.000000839. The molecule has 0 radical (unpaired) electrons. The molecular weight excluding hydrogens is 1950 g/mol. The Bertz CT molecular complexity index is 4200. The maximum Gasteiger partial charge on any atom is 0.246 e. The van der Waals surface area contributed by atoms with E-state index in [9.17, 15) is 76.7 Å². The fourth-order valence-corrected chi connectivity index (χ4v) is 15.5. The number of primary amides is 1. The number of unbranched alkanes of at least 4 members (excludes halogenated alkanes) is 4. The van der Waals surface area contributed by atoms with E-state index in [1.54, 1.807) is 0 Å². The van der Waals surface area contributed by atoms with Crippen LogP contribution in [-0.4, -0.2) is 232 Å². The number of likely N-dealkylation sites (tertiary alicyclic amines) is 2. The van der Waals surface area contributed by atoms with Gasteiger partial charge in [-0.1, -0.05) is 266 Å². The van der Waals surface area contributed by atoms with Gasteiger partial charge in [-0.25, -0.2) is 0 Å². The monoisotopic (exact) mass is 2150 g/mol. The largest absolute Gasteiger partial charge is 0.396 e. The van der Waals surface area contributed by atoms with Gasteiger partial charge in [0.2, 0.25) is 47.3 Å². The number of carbonyl (C=O) groups excluding carboxylic acids is 16. The predicted molar refractivity (Wildman–Crippen MR) is 610 cm³/mol. The molecular formula is C116H205N11O21S2. The number of oxime groups is 4. The summed E-state index contributed by atoms with van der Waals surface area (Å²) in [6.07, 6.45) is 14.2. The third-order valence-electron chi connectivity index (χ3n) is 24.4. The Morgan fingerprint density at radius 1 is 0.393 bits per heavy atom. The molecule has 3 aliphatic rings. The fraction of sp³-hybridized carbons (Fsp3) is 0.776. The van der Waals surface area contributed by atoms with Gasteiger partial charge in [0.15, 0.2) is 5.78 Å². The number of nitrogens with two attached hydrogens (primary N) is 1. The number of rotatable bonds is 65.